The minimum Gasteiger partial charge on any atom is -0.345 e. The van der Waals surface area contributed by atoms with Crippen LogP contribution >= 0.6 is 0 Å². The van der Waals surface area contributed by atoms with Gasteiger partial charge in [-0.05, 0) is 28.5 Å². The van der Waals surface area contributed by atoms with E-state index in [0.717, 1.165) is 22.4 Å². The van der Waals surface area contributed by atoms with Crippen LogP contribution in [-0.4, -0.2) is 12.5 Å². The average Bonchev–Trinajstić information content (AvgIpc) is 2.65. The van der Waals surface area contributed by atoms with Crippen LogP contribution in [0.2, 0.25) is 0 Å². The molecule has 2 nitrogen and oxygen atoms in total. The third kappa shape index (κ3) is 4.68. The van der Waals surface area contributed by atoms with Crippen LogP contribution in [0.4, 0.5) is 13.2 Å². The molecule has 0 aromatic heterocycles. The number of halogens is 3. The fourth-order valence-corrected chi connectivity index (χ4v) is 2.80. The zero-order valence-electron chi connectivity index (χ0n) is 14.3. The lowest BCUT2D eigenvalue weighted by Crippen LogP contribution is -2.25. The summed E-state index contributed by atoms with van der Waals surface area (Å²) < 4.78 is 38.8. The first kappa shape index (κ1) is 18.5. The average molecular weight is 367 g/mol. The van der Waals surface area contributed by atoms with Crippen LogP contribution in [0.1, 0.15) is 16.7 Å². The summed E-state index contributed by atoms with van der Waals surface area (Å²) in [4.78, 5) is 12.1. The van der Waals surface area contributed by atoms with Gasteiger partial charge in [-0.15, -0.1) is 0 Å². The van der Waals surface area contributed by atoms with Crippen LogP contribution in [-0.2, 0) is 17.4 Å². The topological polar surface area (TPSA) is 29.1 Å². The molecule has 5 heteroatoms. The van der Waals surface area contributed by atoms with Crippen molar-refractivity contribution < 1.29 is 18.0 Å². The number of amides is 1. The van der Waals surface area contributed by atoms with Crippen molar-refractivity contribution in [3.63, 3.8) is 0 Å². The fourth-order valence-electron chi connectivity index (χ4n) is 2.80. The molecule has 1 N–H and O–H groups in total. The Balaban J connectivity index is 1.64. The molecule has 0 saturated heterocycles. The number of nitrogens with one attached hydrogen (secondary N) is 1. The Bertz CT molecular complexity index is 1020. The van der Waals surface area contributed by atoms with Gasteiger partial charge in [-0.2, -0.15) is 13.2 Å². The second-order valence-corrected chi connectivity index (χ2v) is 5.94. The molecule has 0 spiro atoms. The molecular weight excluding hydrogens is 351 g/mol. The summed E-state index contributed by atoms with van der Waals surface area (Å²) >= 11 is 0. The van der Waals surface area contributed by atoms with E-state index in [-0.39, 0.29) is 24.4 Å². The molecule has 0 fully saturated rings. The highest BCUT2D eigenvalue weighted by Gasteiger charge is 2.32. The molecule has 1 amide bonds. The Labute approximate surface area is 155 Å². The molecule has 0 atom stereocenters. The highest BCUT2D eigenvalue weighted by atomic mass is 19.4. The first-order valence-corrected chi connectivity index (χ1v) is 8.33. The van der Waals surface area contributed by atoms with E-state index in [1.807, 2.05) is 42.5 Å². The van der Waals surface area contributed by atoms with E-state index in [2.05, 4.69) is 17.2 Å². The fraction of sp³-hybridized carbons (Fsp3) is 0.136. The van der Waals surface area contributed by atoms with Crippen molar-refractivity contribution in [3.05, 3.63) is 83.4 Å². The molecule has 0 aliphatic heterocycles. The highest BCUT2D eigenvalue weighted by Crippen LogP contribution is 2.31. The van der Waals surface area contributed by atoms with Gasteiger partial charge >= 0.3 is 6.18 Å². The lowest BCUT2D eigenvalue weighted by atomic mass is 10.0. The number of alkyl halides is 3. The Morgan fingerprint density at radius 3 is 2.44 bits per heavy atom. The largest absolute Gasteiger partial charge is 0.417 e. The predicted octanol–water partition coefficient (Wildman–Crippen LogP) is 4.57. The SMILES string of the molecule is O=C(Cc1cccc2ccccc12)NCC#Cc1ccccc1C(F)(F)F. The summed E-state index contributed by atoms with van der Waals surface area (Å²) in [7, 11) is 0. The van der Waals surface area contributed by atoms with Crippen molar-refractivity contribution in [3.8, 4) is 11.8 Å². The quantitative estimate of drug-likeness (QED) is 0.675. The Morgan fingerprint density at radius 1 is 0.926 bits per heavy atom. The van der Waals surface area contributed by atoms with E-state index in [4.69, 9.17) is 0 Å². The minimum atomic E-state index is -4.46. The number of benzene rings is 3. The molecule has 136 valence electrons. The van der Waals surface area contributed by atoms with Crippen LogP contribution in [0.15, 0.2) is 66.7 Å². The summed E-state index contributed by atoms with van der Waals surface area (Å²) in [5.74, 6) is 4.84. The van der Waals surface area contributed by atoms with Gasteiger partial charge in [-0.3, -0.25) is 4.79 Å². The zero-order chi connectivity index (χ0) is 19.3. The van der Waals surface area contributed by atoms with Gasteiger partial charge in [0.2, 0.25) is 5.91 Å². The molecule has 0 unspecified atom stereocenters. The third-order valence-electron chi connectivity index (χ3n) is 4.06. The van der Waals surface area contributed by atoms with Gasteiger partial charge in [0.05, 0.1) is 18.5 Å². The van der Waals surface area contributed by atoms with Crippen molar-refractivity contribution in [2.75, 3.05) is 6.54 Å². The molecule has 27 heavy (non-hydrogen) atoms. The molecule has 3 aromatic carbocycles. The smallest absolute Gasteiger partial charge is 0.345 e. The van der Waals surface area contributed by atoms with Gasteiger partial charge in [0.15, 0.2) is 0 Å². The molecule has 0 aliphatic carbocycles. The van der Waals surface area contributed by atoms with E-state index in [0.29, 0.717) is 0 Å². The standard InChI is InChI=1S/C22H16F3NO/c23-22(24,25)20-13-4-2-8-17(20)11-6-14-26-21(27)15-18-10-5-9-16-7-1-3-12-19(16)18/h1-5,7-10,12-13H,14-15H2,(H,26,27). The number of carbonyl (C=O) groups excluding carboxylic acids is 1. The number of hydrogen-bond donors (Lipinski definition) is 1. The van der Waals surface area contributed by atoms with Crippen LogP contribution in [0, 0.1) is 11.8 Å². The second-order valence-electron chi connectivity index (χ2n) is 5.94. The molecular formula is C22H16F3NO. The van der Waals surface area contributed by atoms with E-state index < -0.39 is 11.7 Å². The van der Waals surface area contributed by atoms with Gasteiger partial charge in [0.25, 0.3) is 0 Å². The highest BCUT2D eigenvalue weighted by molar-refractivity contribution is 5.90. The van der Waals surface area contributed by atoms with Crippen LogP contribution < -0.4 is 5.32 Å². The number of carbonyl (C=O) groups is 1. The van der Waals surface area contributed by atoms with Gasteiger partial charge in [0, 0.05) is 5.56 Å². The van der Waals surface area contributed by atoms with E-state index in [9.17, 15) is 18.0 Å². The van der Waals surface area contributed by atoms with Crippen molar-refractivity contribution in [1.82, 2.24) is 5.32 Å². The van der Waals surface area contributed by atoms with Crippen LogP contribution in [0.5, 0.6) is 0 Å². The number of rotatable bonds is 3. The van der Waals surface area contributed by atoms with Gasteiger partial charge in [-0.25, -0.2) is 0 Å². The molecule has 3 aromatic rings. The Kier molecular flexibility index (Phi) is 5.46. The Morgan fingerprint density at radius 2 is 1.63 bits per heavy atom. The van der Waals surface area contributed by atoms with Crippen molar-refractivity contribution in [2.45, 2.75) is 12.6 Å². The summed E-state index contributed by atoms with van der Waals surface area (Å²) in [6, 6.07) is 18.6. The Hall–Kier alpha value is -3.26. The minimum absolute atomic E-state index is 0.0181. The monoisotopic (exact) mass is 367 g/mol. The zero-order valence-corrected chi connectivity index (χ0v) is 14.3. The summed E-state index contributed by atoms with van der Waals surface area (Å²) in [5.41, 5.74) is 0.00820. The normalized spacial score (nSPS) is 10.9. The lowest BCUT2D eigenvalue weighted by molar-refractivity contribution is -0.137. The summed E-state index contributed by atoms with van der Waals surface area (Å²) in [5, 5.41) is 4.68. The lowest BCUT2D eigenvalue weighted by Gasteiger charge is -2.08. The molecule has 0 heterocycles. The van der Waals surface area contributed by atoms with Crippen molar-refractivity contribution >= 4 is 16.7 Å². The van der Waals surface area contributed by atoms with Gasteiger partial charge in [-0.1, -0.05) is 66.4 Å². The van der Waals surface area contributed by atoms with Crippen molar-refractivity contribution in [1.29, 1.82) is 0 Å². The first-order valence-electron chi connectivity index (χ1n) is 8.33. The third-order valence-corrected chi connectivity index (χ3v) is 4.06. The first-order chi connectivity index (χ1) is 12.9. The molecule has 0 bridgehead atoms. The predicted molar refractivity (Wildman–Crippen MR) is 99.0 cm³/mol. The van der Waals surface area contributed by atoms with Gasteiger partial charge < -0.3 is 5.32 Å². The van der Waals surface area contributed by atoms with E-state index in [1.54, 1.807) is 0 Å². The maximum Gasteiger partial charge on any atom is 0.417 e. The van der Waals surface area contributed by atoms with Crippen LogP contribution in [0.25, 0.3) is 10.8 Å². The van der Waals surface area contributed by atoms with Crippen molar-refractivity contribution in [2.24, 2.45) is 0 Å². The van der Waals surface area contributed by atoms with E-state index in [1.165, 1.54) is 18.2 Å². The van der Waals surface area contributed by atoms with Crippen LogP contribution in [0.3, 0.4) is 0 Å². The summed E-state index contributed by atoms with van der Waals surface area (Å²) in [6.45, 7) is -0.0181. The maximum absolute atomic E-state index is 12.9. The molecule has 0 radical (unpaired) electrons. The summed E-state index contributed by atoms with van der Waals surface area (Å²) in [6.07, 6.45) is -4.27. The molecule has 3 rings (SSSR count). The molecule has 0 saturated carbocycles. The molecule has 0 aliphatic rings. The van der Waals surface area contributed by atoms with Gasteiger partial charge in [0.1, 0.15) is 0 Å². The number of fused-ring (bicyclic) bond motifs is 1. The maximum atomic E-state index is 12.9. The van der Waals surface area contributed by atoms with E-state index >= 15 is 0 Å². The number of hydrogen-bond acceptors (Lipinski definition) is 1. The second kappa shape index (κ2) is 7.96.